The molecule has 0 aromatic heterocycles. The third-order valence-electron chi connectivity index (χ3n) is 3.95. The van der Waals surface area contributed by atoms with Crippen LogP contribution in [0, 0.1) is 0 Å². The average molecular weight is 311 g/mol. The molecule has 1 nitrogen and oxygen atoms in total. The molecule has 1 unspecified atom stereocenters. The molecule has 124 valence electrons. The van der Waals surface area contributed by atoms with Crippen LogP contribution in [0.3, 0.4) is 0 Å². The molecular formula is C19H38OSi. The Morgan fingerprint density at radius 1 is 1.00 bits per heavy atom. The van der Waals surface area contributed by atoms with Crippen molar-refractivity contribution in [2.24, 2.45) is 0 Å². The number of aliphatic hydroxyl groups is 1. The molecule has 0 bridgehead atoms. The van der Waals surface area contributed by atoms with Crippen molar-refractivity contribution in [3.63, 3.8) is 0 Å². The van der Waals surface area contributed by atoms with E-state index in [1.54, 1.807) is 6.08 Å². The first kappa shape index (κ1) is 20.7. The summed E-state index contributed by atoms with van der Waals surface area (Å²) in [5.41, 5.74) is 2.71. The van der Waals surface area contributed by atoms with E-state index in [0.717, 1.165) is 6.42 Å². The van der Waals surface area contributed by atoms with E-state index in [2.05, 4.69) is 38.8 Å². The van der Waals surface area contributed by atoms with Crippen molar-refractivity contribution in [2.75, 3.05) is 0 Å². The summed E-state index contributed by atoms with van der Waals surface area (Å²) in [5, 5.41) is 10.5. The second-order valence-corrected chi connectivity index (χ2v) is 12.6. The topological polar surface area (TPSA) is 20.2 Å². The van der Waals surface area contributed by atoms with Gasteiger partial charge in [-0.25, -0.2) is 0 Å². The minimum atomic E-state index is -1.31. The monoisotopic (exact) mass is 310 g/mol. The molecule has 2 heteroatoms. The van der Waals surface area contributed by atoms with Crippen LogP contribution in [0.4, 0.5) is 0 Å². The molecule has 0 rings (SSSR count). The Morgan fingerprint density at radius 3 is 1.90 bits per heavy atom. The second-order valence-electron chi connectivity index (χ2n) is 7.61. The lowest BCUT2D eigenvalue weighted by atomic mass is 9.92. The summed E-state index contributed by atoms with van der Waals surface area (Å²) in [4.78, 5) is 0. The van der Waals surface area contributed by atoms with Gasteiger partial charge < -0.3 is 5.11 Å². The highest BCUT2D eigenvalue weighted by molar-refractivity contribution is 6.81. The van der Waals surface area contributed by atoms with Crippen LogP contribution in [0.15, 0.2) is 23.9 Å². The van der Waals surface area contributed by atoms with Crippen molar-refractivity contribution in [1.29, 1.82) is 0 Å². The molecule has 0 heterocycles. The van der Waals surface area contributed by atoms with Gasteiger partial charge in [-0.2, -0.15) is 0 Å². The van der Waals surface area contributed by atoms with Crippen LogP contribution in [0.25, 0.3) is 0 Å². The Kier molecular flexibility index (Phi) is 10.2. The molecule has 0 aromatic rings. The first-order valence-electron chi connectivity index (χ1n) is 8.81. The van der Waals surface area contributed by atoms with E-state index in [4.69, 9.17) is 0 Å². The predicted molar refractivity (Wildman–Crippen MR) is 99.5 cm³/mol. The second kappa shape index (κ2) is 10.4. The summed E-state index contributed by atoms with van der Waals surface area (Å²) >= 11 is 0. The fourth-order valence-corrected chi connectivity index (χ4v) is 4.06. The van der Waals surface area contributed by atoms with Crippen LogP contribution in [-0.4, -0.2) is 18.8 Å². The molecule has 21 heavy (non-hydrogen) atoms. The summed E-state index contributed by atoms with van der Waals surface area (Å²) in [7, 11) is -1.31. The van der Waals surface area contributed by atoms with Gasteiger partial charge in [0.15, 0.2) is 0 Å². The summed E-state index contributed by atoms with van der Waals surface area (Å²) < 4.78 is 0. The molecule has 0 amide bonds. The summed E-state index contributed by atoms with van der Waals surface area (Å²) in [6, 6.07) is 0. The van der Waals surface area contributed by atoms with Gasteiger partial charge in [-0.05, 0) is 25.3 Å². The Balaban J connectivity index is 4.16. The first-order valence-corrected chi connectivity index (χ1v) is 12.4. The van der Waals surface area contributed by atoms with E-state index in [-0.39, 0.29) is 0 Å². The van der Waals surface area contributed by atoms with Crippen LogP contribution >= 0.6 is 0 Å². The Morgan fingerprint density at radius 2 is 1.48 bits per heavy atom. The van der Waals surface area contributed by atoms with Crippen molar-refractivity contribution >= 4 is 8.07 Å². The van der Waals surface area contributed by atoms with Crippen molar-refractivity contribution in [2.45, 2.75) is 96.9 Å². The molecule has 0 aliphatic carbocycles. The lowest BCUT2D eigenvalue weighted by Crippen LogP contribution is -2.28. The number of hydrogen-bond donors (Lipinski definition) is 1. The van der Waals surface area contributed by atoms with E-state index in [9.17, 15) is 5.11 Å². The third-order valence-corrected chi connectivity index (χ3v) is 5.17. The van der Waals surface area contributed by atoms with Crippen LogP contribution in [0.2, 0.25) is 19.6 Å². The van der Waals surface area contributed by atoms with Crippen LogP contribution in [0.1, 0.15) is 71.6 Å². The average Bonchev–Trinajstić information content (AvgIpc) is 2.39. The van der Waals surface area contributed by atoms with E-state index < -0.39 is 13.7 Å². The van der Waals surface area contributed by atoms with Crippen molar-refractivity contribution in [1.82, 2.24) is 0 Å². The zero-order chi connectivity index (χ0) is 16.4. The SMILES string of the molecule is C=CC(C)(O)/C(=C/[Si](C)(C)C)CCCCCCCCCC. The Labute approximate surface area is 134 Å². The maximum Gasteiger partial charge on any atom is 0.100 e. The van der Waals surface area contributed by atoms with Crippen LogP contribution in [0.5, 0.6) is 0 Å². The van der Waals surface area contributed by atoms with Crippen LogP contribution < -0.4 is 0 Å². The standard InChI is InChI=1S/C19H38OSi/c1-7-9-10-11-12-13-14-15-16-18(17-21(4,5)6)19(3,20)8-2/h8,17,20H,2,7,9-16H2,1,3-6H3/b18-17+. The summed E-state index contributed by atoms with van der Waals surface area (Å²) in [6.45, 7) is 14.9. The molecule has 0 radical (unpaired) electrons. The lowest BCUT2D eigenvalue weighted by Gasteiger charge is -2.26. The minimum absolute atomic E-state index is 0.832. The maximum atomic E-state index is 10.5. The fourth-order valence-electron chi connectivity index (χ4n) is 2.57. The quantitative estimate of drug-likeness (QED) is 0.256. The van der Waals surface area contributed by atoms with Crippen molar-refractivity contribution in [3.8, 4) is 0 Å². The van der Waals surface area contributed by atoms with Gasteiger partial charge >= 0.3 is 0 Å². The third kappa shape index (κ3) is 11.0. The molecule has 0 fully saturated rings. The Bertz CT molecular complexity index is 310. The van der Waals surface area contributed by atoms with Gasteiger partial charge in [-0.15, -0.1) is 0 Å². The van der Waals surface area contributed by atoms with Gasteiger partial charge in [-0.1, -0.05) is 89.9 Å². The van der Waals surface area contributed by atoms with E-state index >= 15 is 0 Å². The van der Waals surface area contributed by atoms with E-state index in [1.165, 1.54) is 56.9 Å². The number of unbranched alkanes of at least 4 members (excludes halogenated alkanes) is 7. The molecule has 0 spiro atoms. The van der Waals surface area contributed by atoms with Gasteiger partial charge in [0.1, 0.15) is 5.60 Å². The highest BCUT2D eigenvalue weighted by Gasteiger charge is 2.23. The largest absolute Gasteiger partial charge is 0.382 e. The maximum absolute atomic E-state index is 10.5. The summed E-state index contributed by atoms with van der Waals surface area (Å²) in [6.07, 6.45) is 13.3. The zero-order valence-electron chi connectivity index (χ0n) is 15.2. The molecule has 0 saturated heterocycles. The fraction of sp³-hybridized carbons (Fsp3) is 0.789. The van der Waals surface area contributed by atoms with Gasteiger partial charge in [0, 0.05) is 0 Å². The molecular weight excluding hydrogens is 272 g/mol. The highest BCUT2D eigenvalue weighted by Crippen LogP contribution is 2.26. The minimum Gasteiger partial charge on any atom is -0.382 e. The lowest BCUT2D eigenvalue weighted by molar-refractivity contribution is 0.146. The molecule has 0 saturated carbocycles. The van der Waals surface area contributed by atoms with Gasteiger partial charge in [0.05, 0.1) is 8.07 Å². The van der Waals surface area contributed by atoms with Crippen molar-refractivity contribution in [3.05, 3.63) is 23.9 Å². The van der Waals surface area contributed by atoms with Crippen LogP contribution in [-0.2, 0) is 0 Å². The van der Waals surface area contributed by atoms with Gasteiger partial charge in [-0.3, -0.25) is 0 Å². The molecule has 1 atom stereocenters. The van der Waals surface area contributed by atoms with Gasteiger partial charge in [0.2, 0.25) is 0 Å². The highest BCUT2D eigenvalue weighted by atomic mass is 28.3. The zero-order valence-corrected chi connectivity index (χ0v) is 16.2. The van der Waals surface area contributed by atoms with Crippen molar-refractivity contribution < 1.29 is 5.11 Å². The molecule has 1 N–H and O–H groups in total. The number of rotatable bonds is 12. The summed E-state index contributed by atoms with van der Waals surface area (Å²) in [5.74, 6) is 0. The van der Waals surface area contributed by atoms with Gasteiger partial charge in [0.25, 0.3) is 0 Å². The smallest absolute Gasteiger partial charge is 0.100 e. The first-order chi connectivity index (χ1) is 9.73. The van der Waals surface area contributed by atoms with E-state index in [0.29, 0.717) is 0 Å². The molecule has 0 aliphatic heterocycles. The van der Waals surface area contributed by atoms with E-state index in [1.807, 2.05) is 6.92 Å². The predicted octanol–water partition coefficient (Wildman–Crippen LogP) is 6.26. The Hall–Kier alpha value is -0.343. The molecule has 0 aromatic carbocycles. The normalized spacial score (nSPS) is 15.8. The molecule has 0 aliphatic rings. The number of hydrogen-bond acceptors (Lipinski definition) is 1.